The fraction of sp³-hybridized carbons (Fsp3) is 0.381. The topological polar surface area (TPSA) is 102 Å². The van der Waals surface area contributed by atoms with Gasteiger partial charge in [0.15, 0.2) is 5.69 Å². The van der Waals surface area contributed by atoms with Gasteiger partial charge in [0.1, 0.15) is 23.7 Å². The Morgan fingerprint density at radius 1 is 1.27 bits per heavy atom. The summed E-state index contributed by atoms with van der Waals surface area (Å²) < 4.78 is 41.7. The highest BCUT2D eigenvalue weighted by atomic mass is 19.4. The Bertz CT molecular complexity index is 1310. The second-order valence-electron chi connectivity index (χ2n) is 7.98. The van der Waals surface area contributed by atoms with Gasteiger partial charge in [0.2, 0.25) is 5.91 Å². The van der Waals surface area contributed by atoms with E-state index >= 15 is 0 Å². The average Bonchev–Trinajstić information content (AvgIpc) is 3.35. The molecule has 3 aromatic heterocycles. The molecule has 0 bridgehead atoms. The first-order valence-electron chi connectivity index (χ1n) is 10.3. The fourth-order valence-electron chi connectivity index (χ4n) is 3.73. The van der Waals surface area contributed by atoms with E-state index in [1.807, 2.05) is 13.8 Å². The zero-order chi connectivity index (χ0) is 24.1. The van der Waals surface area contributed by atoms with Crippen LogP contribution in [0.4, 0.5) is 19.0 Å². The number of fused-ring (bicyclic) bond motifs is 2. The fourth-order valence-corrected chi connectivity index (χ4v) is 3.73. The molecule has 0 saturated carbocycles. The van der Waals surface area contributed by atoms with Crippen molar-refractivity contribution in [2.45, 2.75) is 52.5 Å². The van der Waals surface area contributed by atoms with Crippen molar-refractivity contribution in [2.75, 3.05) is 5.32 Å². The molecule has 174 valence electrons. The number of nitrogens with one attached hydrogen (secondary N) is 1. The zero-order valence-corrected chi connectivity index (χ0v) is 18.1. The summed E-state index contributed by atoms with van der Waals surface area (Å²) >= 11 is 0. The lowest BCUT2D eigenvalue weighted by atomic mass is 10.2. The zero-order valence-electron chi connectivity index (χ0n) is 18.1. The van der Waals surface area contributed by atoms with E-state index in [2.05, 4.69) is 15.4 Å². The number of amides is 2. The summed E-state index contributed by atoms with van der Waals surface area (Å²) in [5.41, 5.74) is -1.62. The Morgan fingerprint density at radius 3 is 2.61 bits per heavy atom. The maximum atomic E-state index is 13.3. The molecule has 1 atom stereocenters. The highest BCUT2D eigenvalue weighted by molar-refractivity contribution is 5.98. The monoisotopic (exact) mass is 462 g/mol. The molecule has 0 aromatic carbocycles. The average molecular weight is 462 g/mol. The molecule has 4 heterocycles. The summed E-state index contributed by atoms with van der Waals surface area (Å²) in [6.45, 7) is 4.93. The summed E-state index contributed by atoms with van der Waals surface area (Å²) in [6.07, 6.45) is -2.64. The smallest absolute Gasteiger partial charge is 0.330 e. The number of pyridine rings is 1. The number of nitrogens with zero attached hydrogens (tertiary/aromatic N) is 5. The number of carbonyl (C=O) groups is 2. The van der Waals surface area contributed by atoms with Crippen molar-refractivity contribution in [1.29, 1.82) is 0 Å². The third-order valence-corrected chi connectivity index (χ3v) is 5.66. The number of hydrogen-bond donors (Lipinski definition) is 1. The van der Waals surface area contributed by atoms with Crippen LogP contribution in [0.25, 0.3) is 5.65 Å². The molecule has 0 spiro atoms. The lowest BCUT2D eigenvalue weighted by Gasteiger charge is -2.22. The van der Waals surface area contributed by atoms with Gasteiger partial charge in [0.05, 0.1) is 12.1 Å². The van der Waals surface area contributed by atoms with Crippen molar-refractivity contribution in [3.8, 4) is 0 Å². The van der Waals surface area contributed by atoms with Crippen LogP contribution in [0.1, 0.15) is 47.6 Å². The van der Waals surface area contributed by atoms with E-state index in [4.69, 9.17) is 0 Å². The normalized spacial score (nSPS) is 14.6. The molecule has 1 N–H and O–H groups in total. The number of alkyl halides is 3. The van der Waals surface area contributed by atoms with Crippen LogP contribution in [0.5, 0.6) is 0 Å². The van der Waals surface area contributed by atoms with Gasteiger partial charge < -0.3 is 14.8 Å². The predicted molar refractivity (Wildman–Crippen MR) is 112 cm³/mol. The summed E-state index contributed by atoms with van der Waals surface area (Å²) in [6, 6.07) is 3.77. The van der Waals surface area contributed by atoms with Crippen molar-refractivity contribution in [1.82, 2.24) is 24.1 Å². The van der Waals surface area contributed by atoms with Gasteiger partial charge in [-0.2, -0.15) is 22.8 Å². The van der Waals surface area contributed by atoms with Crippen molar-refractivity contribution < 1.29 is 22.8 Å². The van der Waals surface area contributed by atoms with Crippen LogP contribution in [0, 0.1) is 6.92 Å². The minimum atomic E-state index is -4.80. The maximum Gasteiger partial charge on any atom is 0.435 e. The second kappa shape index (κ2) is 8.01. The van der Waals surface area contributed by atoms with Crippen molar-refractivity contribution in [3.05, 3.63) is 57.3 Å². The van der Waals surface area contributed by atoms with E-state index in [1.54, 1.807) is 25.3 Å². The molecule has 33 heavy (non-hydrogen) atoms. The van der Waals surface area contributed by atoms with Crippen LogP contribution in [0.3, 0.4) is 0 Å². The van der Waals surface area contributed by atoms with Gasteiger partial charge in [0, 0.05) is 18.3 Å². The highest BCUT2D eigenvalue weighted by Gasteiger charge is 2.39. The van der Waals surface area contributed by atoms with Gasteiger partial charge >= 0.3 is 6.18 Å². The summed E-state index contributed by atoms with van der Waals surface area (Å²) in [4.78, 5) is 44.4. The third-order valence-electron chi connectivity index (χ3n) is 5.66. The Labute approximate surface area is 185 Å². The van der Waals surface area contributed by atoms with Gasteiger partial charge in [-0.25, -0.2) is 4.98 Å². The SMILES string of the molecule is CC[C@H](C)N1Cc2c(n(CC(=O)Nc3ccc(C)cn3)c3cc(C(F)(F)F)nn3c2=O)C1=O. The molecule has 0 aliphatic carbocycles. The van der Waals surface area contributed by atoms with Gasteiger partial charge in [0.25, 0.3) is 11.5 Å². The molecule has 3 aromatic rings. The Kier molecular flexibility index (Phi) is 5.46. The van der Waals surface area contributed by atoms with E-state index in [0.717, 1.165) is 10.1 Å². The van der Waals surface area contributed by atoms with Gasteiger partial charge in [-0.15, -0.1) is 0 Å². The van der Waals surface area contributed by atoms with Crippen LogP contribution in [-0.2, 0) is 24.1 Å². The number of hydrogen-bond acceptors (Lipinski definition) is 5. The Hall–Kier alpha value is -3.70. The van der Waals surface area contributed by atoms with Crippen LogP contribution >= 0.6 is 0 Å². The molecule has 1 aliphatic rings. The molecule has 0 unspecified atom stereocenters. The van der Waals surface area contributed by atoms with E-state index in [0.29, 0.717) is 17.0 Å². The van der Waals surface area contributed by atoms with Crippen LogP contribution in [0.15, 0.2) is 29.2 Å². The molecule has 4 rings (SSSR count). The lowest BCUT2D eigenvalue weighted by Crippen LogP contribution is -2.34. The summed E-state index contributed by atoms with van der Waals surface area (Å²) in [5.74, 6) is -0.894. The quantitative estimate of drug-likeness (QED) is 0.628. The van der Waals surface area contributed by atoms with Crippen molar-refractivity contribution >= 4 is 23.3 Å². The van der Waals surface area contributed by atoms with Crippen LogP contribution in [-0.4, -0.2) is 41.9 Å². The minimum absolute atomic E-state index is 0.00545. The molecule has 12 heteroatoms. The lowest BCUT2D eigenvalue weighted by molar-refractivity contribution is -0.141. The molecule has 0 fully saturated rings. The molecule has 0 radical (unpaired) electrons. The first kappa shape index (κ1) is 22.5. The van der Waals surface area contributed by atoms with Crippen LogP contribution in [0.2, 0.25) is 0 Å². The van der Waals surface area contributed by atoms with E-state index in [9.17, 15) is 27.6 Å². The van der Waals surface area contributed by atoms with Gasteiger partial charge in [-0.05, 0) is 31.9 Å². The molecule has 9 nitrogen and oxygen atoms in total. The standard InChI is InChI=1S/C21H21F3N6O3/c1-4-12(3)28-9-13-18(20(28)33)29(10-16(31)26-15-6-5-11(2)8-25-15)17-7-14(21(22,23)24)27-30(17)19(13)32/h5-8,12H,4,9-10H2,1-3H3,(H,25,26,31)/t12-/m0/s1. The number of rotatable bonds is 5. The first-order chi connectivity index (χ1) is 15.5. The Morgan fingerprint density at radius 2 is 2.00 bits per heavy atom. The molecule has 1 aliphatic heterocycles. The molecule has 0 saturated heterocycles. The van der Waals surface area contributed by atoms with E-state index < -0.39 is 35.8 Å². The Balaban J connectivity index is 1.83. The number of anilines is 1. The largest absolute Gasteiger partial charge is 0.435 e. The van der Waals surface area contributed by atoms with Gasteiger partial charge in [-0.1, -0.05) is 13.0 Å². The predicted octanol–water partition coefficient (Wildman–Crippen LogP) is 2.61. The van der Waals surface area contributed by atoms with Gasteiger partial charge in [-0.3, -0.25) is 14.4 Å². The molecular weight excluding hydrogens is 441 g/mol. The van der Waals surface area contributed by atoms with E-state index in [1.165, 1.54) is 4.90 Å². The summed E-state index contributed by atoms with van der Waals surface area (Å²) in [7, 11) is 0. The molecular formula is C21H21F3N6O3. The number of halogens is 3. The number of aryl methyl sites for hydroxylation is 1. The second-order valence-corrected chi connectivity index (χ2v) is 7.98. The maximum absolute atomic E-state index is 13.3. The van der Waals surface area contributed by atoms with E-state index in [-0.39, 0.29) is 35.3 Å². The first-order valence-corrected chi connectivity index (χ1v) is 10.3. The summed E-state index contributed by atoms with van der Waals surface area (Å²) in [5, 5.41) is 5.98. The highest BCUT2D eigenvalue weighted by Crippen LogP contribution is 2.30. The number of carbonyl (C=O) groups excluding carboxylic acids is 2. The third kappa shape index (κ3) is 3.96. The van der Waals surface area contributed by atoms with Crippen molar-refractivity contribution in [2.24, 2.45) is 0 Å². The van der Waals surface area contributed by atoms with Crippen LogP contribution < -0.4 is 10.9 Å². The minimum Gasteiger partial charge on any atom is -0.330 e. The molecule has 2 amide bonds. The van der Waals surface area contributed by atoms with Crippen molar-refractivity contribution in [3.63, 3.8) is 0 Å². The number of aromatic nitrogens is 4.